The molecule has 4 aliphatic heterocycles. The first-order chi connectivity index (χ1) is 23.4. The van der Waals surface area contributed by atoms with Crippen molar-refractivity contribution < 1.29 is 23.8 Å². The summed E-state index contributed by atoms with van der Waals surface area (Å²) in [6, 6.07) is 13.2. The van der Waals surface area contributed by atoms with Crippen LogP contribution in [0.4, 0.5) is 15.8 Å². The second-order valence-corrected chi connectivity index (χ2v) is 14.1. The van der Waals surface area contributed by atoms with Gasteiger partial charge < -0.3 is 29.5 Å². The lowest BCUT2D eigenvalue weighted by Crippen LogP contribution is -2.58. The molecule has 11 heteroatoms. The molecule has 5 heterocycles. The molecule has 0 spiro atoms. The molecule has 2 atom stereocenters. The summed E-state index contributed by atoms with van der Waals surface area (Å²) in [5, 5.41) is 17.4. The number of piperidine rings is 1. The molecule has 254 valence electrons. The van der Waals surface area contributed by atoms with Crippen LogP contribution in [0, 0.1) is 5.82 Å². The average Bonchev–Trinajstić information content (AvgIpc) is 3.46. The van der Waals surface area contributed by atoms with E-state index >= 15 is 4.39 Å². The molecule has 48 heavy (non-hydrogen) atoms. The summed E-state index contributed by atoms with van der Waals surface area (Å²) < 4.78 is 22.9. The molecular weight excluding hydrogens is 611 g/mol. The summed E-state index contributed by atoms with van der Waals surface area (Å²) in [5.41, 5.74) is 6.67. The van der Waals surface area contributed by atoms with Crippen molar-refractivity contribution >= 4 is 23.2 Å². The molecule has 0 bridgehead atoms. The molecule has 10 nitrogen and oxygen atoms in total. The molecule has 0 radical (unpaired) electrons. The van der Waals surface area contributed by atoms with E-state index in [2.05, 4.69) is 32.2 Å². The summed E-state index contributed by atoms with van der Waals surface area (Å²) in [6.45, 7) is 4.84. The van der Waals surface area contributed by atoms with E-state index in [1.165, 1.54) is 29.0 Å². The molecule has 0 saturated carbocycles. The maximum absolute atomic E-state index is 15.4. The van der Waals surface area contributed by atoms with Gasteiger partial charge in [0.25, 0.3) is 11.8 Å². The van der Waals surface area contributed by atoms with E-state index in [1.54, 1.807) is 16.8 Å². The number of aliphatic hydroxyl groups excluding tert-OH is 1. The number of benzene rings is 2. The summed E-state index contributed by atoms with van der Waals surface area (Å²) >= 11 is 0. The second kappa shape index (κ2) is 12.9. The highest BCUT2D eigenvalue weighted by Gasteiger charge is 2.37. The zero-order valence-corrected chi connectivity index (χ0v) is 27.6. The molecular formula is C37H45FN6O4. The van der Waals surface area contributed by atoms with E-state index in [9.17, 15) is 14.7 Å². The SMILES string of the molecule is CN1CC(c2cc(F)cc(N3CCn4c(cc5c4CCCC5)C3=O)c2CO)NC(Nc2ccc(C3CCN(C4COC4)CC3)cc2)C1=O. The Bertz CT molecular complexity index is 1700. The number of piperazine rings is 1. The fourth-order valence-electron chi connectivity index (χ4n) is 8.49. The fourth-order valence-corrected chi connectivity index (χ4v) is 8.49. The highest BCUT2D eigenvalue weighted by molar-refractivity contribution is 6.06. The number of nitrogens with zero attached hydrogens (tertiary/aromatic N) is 4. The number of carbonyl (C=O) groups excluding carboxylic acids is 2. The number of aliphatic hydroxyl groups is 1. The van der Waals surface area contributed by atoms with E-state index in [0.29, 0.717) is 54.1 Å². The first-order valence-corrected chi connectivity index (χ1v) is 17.5. The van der Waals surface area contributed by atoms with E-state index < -0.39 is 18.0 Å². The van der Waals surface area contributed by atoms with Crippen molar-refractivity contribution in [3.05, 3.63) is 81.9 Å². The van der Waals surface area contributed by atoms with Crippen molar-refractivity contribution in [2.45, 2.75) is 75.8 Å². The van der Waals surface area contributed by atoms with Crippen LogP contribution in [-0.2, 0) is 35.5 Å². The largest absolute Gasteiger partial charge is 0.392 e. The van der Waals surface area contributed by atoms with Crippen LogP contribution in [0.1, 0.15) is 76.1 Å². The third-order valence-corrected chi connectivity index (χ3v) is 11.3. The first kappa shape index (κ1) is 31.5. The smallest absolute Gasteiger partial charge is 0.274 e. The Morgan fingerprint density at radius 3 is 2.50 bits per heavy atom. The molecule has 3 fully saturated rings. The molecule has 3 aromatic rings. The monoisotopic (exact) mass is 656 g/mol. The van der Waals surface area contributed by atoms with Gasteiger partial charge in [0.05, 0.1) is 37.6 Å². The predicted molar refractivity (Wildman–Crippen MR) is 181 cm³/mol. The number of rotatable bonds is 7. The van der Waals surface area contributed by atoms with Crippen LogP contribution in [0.15, 0.2) is 42.5 Å². The Labute approximate surface area is 280 Å². The number of nitrogens with one attached hydrogen (secondary N) is 2. The zero-order valence-electron chi connectivity index (χ0n) is 27.6. The third-order valence-electron chi connectivity index (χ3n) is 11.3. The number of likely N-dealkylation sites (tertiary alicyclic amines) is 1. The van der Waals surface area contributed by atoms with Crippen LogP contribution >= 0.6 is 0 Å². The van der Waals surface area contributed by atoms with Gasteiger partial charge in [-0.15, -0.1) is 0 Å². The number of amides is 2. The van der Waals surface area contributed by atoms with E-state index in [0.717, 1.165) is 70.5 Å². The van der Waals surface area contributed by atoms with Crippen molar-refractivity contribution in [1.82, 2.24) is 19.7 Å². The third kappa shape index (κ3) is 5.70. The molecule has 8 rings (SSSR count). The summed E-state index contributed by atoms with van der Waals surface area (Å²) in [5.74, 6) is -0.270. The predicted octanol–water partition coefficient (Wildman–Crippen LogP) is 3.78. The van der Waals surface area contributed by atoms with Crippen LogP contribution < -0.4 is 15.5 Å². The fraction of sp³-hybridized carbons (Fsp3) is 0.514. The molecule has 2 amide bonds. The number of ether oxygens (including phenoxy) is 1. The Hall–Kier alpha value is -3.77. The number of anilines is 2. The van der Waals surface area contributed by atoms with Gasteiger partial charge in [-0.05, 0) is 105 Å². The van der Waals surface area contributed by atoms with Gasteiger partial charge in [-0.1, -0.05) is 12.1 Å². The maximum atomic E-state index is 15.4. The van der Waals surface area contributed by atoms with Gasteiger partial charge in [0, 0.05) is 43.6 Å². The lowest BCUT2D eigenvalue weighted by molar-refractivity contribution is -0.134. The molecule has 5 aliphatic rings. The first-order valence-electron chi connectivity index (χ1n) is 17.5. The normalized spacial score (nSPS) is 24.0. The van der Waals surface area contributed by atoms with E-state index in [-0.39, 0.29) is 18.4 Å². The van der Waals surface area contributed by atoms with Gasteiger partial charge in [0.2, 0.25) is 0 Å². The Kier molecular flexibility index (Phi) is 8.48. The van der Waals surface area contributed by atoms with Crippen LogP contribution in [0.5, 0.6) is 0 Å². The van der Waals surface area contributed by atoms with Crippen molar-refractivity contribution in [1.29, 1.82) is 0 Å². The quantitative estimate of drug-likeness (QED) is 0.356. The number of fused-ring (bicyclic) bond motifs is 3. The molecule has 1 aromatic heterocycles. The van der Waals surface area contributed by atoms with Crippen LogP contribution in [0.3, 0.4) is 0 Å². The van der Waals surface area contributed by atoms with Gasteiger partial charge in [0.15, 0.2) is 6.17 Å². The highest BCUT2D eigenvalue weighted by Crippen LogP contribution is 2.36. The number of halogens is 1. The van der Waals surface area contributed by atoms with Crippen molar-refractivity contribution in [2.75, 3.05) is 56.7 Å². The van der Waals surface area contributed by atoms with Gasteiger partial charge >= 0.3 is 0 Å². The van der Waals surface area contributed by atoms with Crippen molar-refractivity contribution in [3.8, 4) is 0 Å². The molecule has 3 saturated heterocycles. The second-order valence-electron chi connectivity index (χ2n) is 14.1. The van der Waals surface area contributed by atoms with E-state index in [1.807, 2.05) is 18.2 Å². The van der Waals surface area contributed by atoms with Crippen LogP contribution in [0.2, 0.25) is 0 Å². The highest BCUT2D eigenvalue weighted by atomic mass is 19.1. The number of aryl methyl sites for hydroxylation is 1. The van der Waals surface area contributed by atoms with E-state index in [4.69, 9.17) is 4.74 Å². The number of likely N-dealkylation sites (N-methyl/N-ethyl adjacent to an activating group) is 1. The molecule has 3 N–H and O–H groups in total. The molecule has 2 aromatic carbocycles. The molecule has 2 unspecified atom stereocenters. The minimum atomic E-state index is -0.753. The lowest BCUT2D eigenvalue weighted by Gasteiger charge is -2.41. The van der Waals surface area contributed by atoms with Crippen LogP contribution in [0.25, 0.3) is 0 Å². The number of aromatic nitrogens is 1. The minimum Gasteiger partial charge on any atom is -0.392 e. The lowest BCUT2D eigenvalue weighted by atomic mass is 9.88. The topological polar surface area (TPSA) is 102 Å². The van der Waals surface area contributed by atoms with Gasteiger partial charge in [0.1, 0.15) is 11.5 Å². The summed E-state index contributed by atoms with van der Waals surface area (Å²) in [4.78, 5) is 33.0. The van der Waals surface area contributed by atoms with Gasteiger partial charge in [-0.25, -0.2) is 4.39 Å². The zero-order chi connectivity index (χ0) is 32.9. The Morgan fingerprint density at radius 2 is 1.77 bits per heavy atom. The number of hydrogen-bond acceptors (Lipinski definition) is 7. The minimum absolute atomic E-state index is 0.124. The molecule has 1 aliphatic carbocycles. The van der Waals surface area contributed by atoms with Crippen molar-refractivity contribution in [2.24, 2.45) is 0 Å². The Balaban J connectivity index is 0.995. The number of carbonyl (C=O) groups is 2. The average molecular weight is 657 g/mol. The standard InChI is InChI=1S/C37H45FN6O4/c1-41-19-31(40-35(37(41)47)39-27-8-6-23(7-9-27)24-10-12-42(13-11-24)28-21-48-22-28)29-17-26(38)18-33(30(29)20-45)44-15-14-43-32-5-3-2-4-25(32)16-34(43)36(44)46/h6-9,16-18,24,28,31,35,39-40,45H,2-5,10-15,19-22H2,1H3. The summed E-state index contributed by atoms with van der Waals surface area (Å²) in [7, 11) is 1.74. The van der Waals surface area contributed by atoms with Gasteiger partial charge in [-0.3, -0.25) is 19.8 Å². The van der Waals surface area contributed by atoms with Crippen molar-refractivity contribution in [3.63, 3.8) is 0 Å². The number of hydrogen-bond donors (Lipinski definition) is 3. The van der Waals surface area contributed by atoms with Crippen LogP contribution in [-0.4, -0.2) is 89.9 Å². The Morgan fingerprint density at radius 1 is 1.00 bits per heavy atom. The summed E-state index contributed by atoms with van der Waals surface area (Å²) in [6.07, 6.45) is 5.70. The van der Waals surface area contributed by atoms with Gasteiger partial charge in [-0.2, -0.15) is 0 Å². The maximum Gasteiger partial charge on any atom is 0.274 e.